The Morgan fingerprint density at radius 2 is 1.84 bits per heavy atom. The lowest BCUT2D eigenvalue weighted by Gasteiger charge is -2.14. The molecular weight excluding hydrogens is 504 g/mol. The summed E-state index contributed by atoms with van der Waals surface area (Å²) in [6.45, 7) is 2.47. The number of fused-ring (bicyclic) bond motifs is 1. The number of amides is 1. The van der Waals surface area contributed by atoms with Gasteiger partial charge in [0.25, 0.3) is 5.91 Å². The number of halogens is 1. The maximum Gasteiger partial charge on any atom is 0.260 e. The van der Waals surface area contributed by atoms with Crippen molar-refractivity contribution in [2.24, 2.45) is 0 Å². The lowest BCUT2D eigenvalue weighted by Crippen LogP contribution is -2.30. The molecule has 0 radical (unpaired) electrons. The van der Waals surface area contributed by atoms with E-state index in [-0.39, 0.29) is 11.4 Å². The summed E-state index contributed by atoms with van der Waals surface area (Å²) in [6, 6.07) is 26.1. The second kappa shape index (κ2) is 11.2. The van der Waals surface area contributed by atoms with Crippen molar-refractivity contribution >= 4 is 51.8 Å². The summed E-state index contributed by atoms with van der Waals surface area (Å²) in [5.74, 6) is 0.838. The van der Waals surface area contributed by atoms with E-state index < -0.39 is 0 Å². The van der Waals surface area contributed by atoms with Crippen molar-refractivity contribution in [3.8, 4) is 11.5 Å². The van der Waals surface area contributed by atoms with E-state index in [1.165, 1.54) is 17.3 Å². The Morgan fingerprint density at radius 1 is 1.05 bits per heavy atom. The van der Waals surface area contributed by atoms with Gasteiger partial charge in [-0.1, -0.05) is 84.9 Å². The number of methoxy groups -OCH3 is 1. The van der Waals surface area contributed by atoms with Gasteiger partial charge in [0, 0.05) is 5.69 Å². The van der Waals surface area contributed by atoms with E-state index >= 15 is 0 Å². The number of thioether (sulfide) groups is 1. The highest BCUT2D eigenvalue weighted by Gasteiger charge is 2.27. The van der Waals surface area contributed by atoms with Crippen LogP contribution < -0.4 is 20.1 Å². The number of ether oxygens (including phenoxy) is 2. The van der Waals surface area contributed by atoms with E-state index in [4.69, 9.17) is 21.1 Å². The second-order valence-corrected chi connectivity index (χ2v) is 10.2. The molecule has 4 aromatic rings. The molecule has 1 amide bonds. The summed E-state index contributed by atoms with van der Waals surface area (Å²) in [4.78, 5) is 13.2. The van der Waals surface area contributed by atoms with Gasteiger partial charge in [0.15, 0.2) is 17.0 Å². The number of hydrogen-bond donors (Lipinski definition) is 2. The molecule has 0 aliphatic carbocycles. The van der Waals surface area contributed by atoms with Crippen molar-refractivity contribution < 1.29 is 14.3 Å². The summed E-state index contributed by atoms with van der Waals surface area (Å²) in [6.07, 6.45) is 2.80. The molecule has 1 atom stereocenters. The van der Waals surface area contributed by atoms with Crippen molar-refractivity contribution in [3.63, 3.8) is 0 Å². The molecule has 0 aromatic heterocycles. The molecular formula is C30H27ClN2O3S. The van der Waals surface area contributed by atoms with Crippen LogP contribution in [0.15, 0.2) is 83.8 Å². The van der Waals surface area contributed by atoms with Gasteiger partial charge in [-0.25, -0.2) is 0 Å². The lowest BCUT2D eigenvalue weighted by atomic mass is 10.1. The van der Waals surface area contributed by atoms with Gasteiger partial charge in [-0.2, -0.15) is 0 Å². The highest BCUT2D eigenvalue weighted by molar-refractivity contribution is 8.05. The third-order valence-electron chi connectivity index (χ3n) is 6.19. The average molecular weight is 531 g/mol. The van der Waals surface area contributed by atoms with Crippen LogP contribution in [-0.4, -0.2) is 18.5 Å². The van der Waals surface area contributed by atoms with E-state index in [9.17, 15) is 4.79 Å². The van der Waals surface area contributed by atoms with Crippen LogP contribution in [0.3, 0.4) is 0 Å². The Hall–Kier alpha value is -3.61. The monoisotopic (exact) mass is 530 g/mol. The summed E-state index contributed by atoms with van der Waals surface area (Å²) in [5, 5.41) is 9.02. The van der Waals surface area contributed by atoms with Gasteiger partial charge in [-0.15, -0.1) is 0 Å². The SMILES string of the molecule is CCc1ccc(N[C@@H]2NC(=O)/C(=C/c3cc(Cl)c(OCc4cccc5ccccc45)c(OC)c3)S2)cc1. The summed E-state index contributed by atoms with van der Waals surface area (Å²) in [5.41, 5.74) is 3.78. The topological polar surface area (TPSA) is 59.6 Å². The lowest BCUT2D eigenvalue weighted by molar-refractivity contribution is -0.116. The van der Waals surface area contributed by atoms with Crippen LogP contribution in [0.4, 0.5) is 5.69 Å². The van der Waals surface area contributed by atoms with E-state index in [1.54, 1.807) is 13.2 Å². The van der Waals surface area contributed by atoms with Gasteiger partial charge < -0.3 is 20.1 Å². The van der Waals surface area contributed by atoms with E-state index in [0.29, 0.717) is 28.0 Å². The molecule has 2 N–H and O–H groups in total. The summed E-state index contributed by atoms with van der Waals surface area (Å²) in [7, 11) is 1.58. The zero-order valence-corrected chi connectivity index (χ0v) is 22.2. The molecule has 0 unspecified atom stereocenters. The van der Waals surface area contributed by atoms with Crippen molar-refractivity contribution in [2.45, 2.75) is 25.4 Å². The predicted octanol–water partition coefficient (Wildman–Crippen LogP) is 7.24. The van der Waals surface area contributed by atoms with Gasteiger partial charge in [0.2, 0.25) is 0 Å². The molecule has 37 heavy (non-hydrogen) atoms. The Labute approximate surface area is 225 Å². The summed E-state index contributed by atoms with van der Waals surface area (Å²) < 4.78 is 11.7. The van der Waals surface area contributed by atoms with Gasteiger partial charge in [0.05, 0.1) is 17.0 Å². The minimum Gasteiger partial charge on any atom is -0.493 e. The number of hydrogen-bond acceptors (Lipinski definition) is 5. The molecule has 0 spiro atoms. The molecule has 7 heteroatoms. The first kappa shape index (κ1) is 25.1. The number of carbonyl (C=O) groups excluding carboxylic acids is 1. The first-order valence-corrected chi connectivity index (χ1v) is 13.3. The minimum absolute atomic E-state index is 0.140. The Morgan fingerprint density at radius 3 is 2.62 bits per heavy atom. The fourth-order valence-corrected chi connectivity index (χ4v) is 5.49. The Bertz CT molecular complexity index is 1460. The Balaban J connectivity index is 1.31. The number of aryl methyl sites for hydroxylation is 1. The van der Waals surface area contributed by atoms with Gasteiger partial charge >= 0.3 is 0 Å². The second-order valence-electron chi connectivity index (χ2n) is 8.64. The van der Waals surface area contributed by atoms with E-state index in [0.717, 1.165) is 34.0 Å². The van der Waals surface area contributed by atoms with E-state index in [1.807, 2.05) is 48.5 Å². The number of anilines is 1. The maximum atomic E-state index is 12.6. The molecule has 5 rings (SSSR count). The van der Waals surface area contributed by atoms with Gasteiger partial charge in [-0.05, 0) is 64.2 Å². The highest BCUT2D eigenvalue weighted by atomic mass is 35.5. The van der Waals surface area contributed by atoms with Crippen LogP contribution in [-0.2, 0) is 17.8 Å². The zero-order valence-electron chi connectivity index (χ0n) is 20.6. The van der Waals surface area contributed by atoms with Crippen LogP contribution in [0.1, 0.15) is 23.6 Å². The van der Waals surface area contributed by atoms with Gasteiger partial charge in [-0.3, -0.25) is 4.79 Å². The fraction of sp³-hybridized carbons (Fsp3) is 0.167. The van der Waals surface area contributed by atoms with Crippen LogP contribution in [0.2, 0.25) is 5.02 Å². The Kier molecular flexibility index (Phi) is 7.58. The molecule has 0 saturated carbocycles. The third kappa shape index (κ3) is 5.71. The quantitative estimate of drug-likeness (QED) is 0.235. The molecule has 1 fully saturated rings. The van der Waals surface area contributed by atoms with Crippen LogP contribution >= 0.6 is 23.4 Å². The molecule has 5 nitrogen and oxygen atoms in total. The molecule has 188 valence electrons. The fourth-order valence-electron chi connectivity index (χ4n) is 4.24. The number of rotatable bonds is 8. The number of benzene rings is 4. The molecule has 4 aromatic carbocycles. The van der Waals surface area contributed by atoms with Crippen molar-refractivity contribution in [2.75, 3.05) is 12.4 Å². The first-order chi connectivity index (χ1) is 18.0. The van der Waals surface area contributed by atoms with E-state index in [2.05, 4.69) is 47.9 Å². The molecule has 1 heterocycles. The van der Waals surface area contributed by atoms with Gasteiger partial charge in [0.1, 0.15) is 6.61 Å². The largest absolute Gasteiger partial charge is 0.493 e. The third-order valence-corrected chi connectivity index (χ3v) is 7.50. The molecule has 1 aliphatic heterocycles. The number of carbonyl (C=O) groups is 1. The predicted molar refractivity (Wildman–Crippen MR) is 153 cm³/mol. The molecule has 1 saturated heterocycles. The van der Waals surface area contributed by atoms with Crippen molar-refractivity contribution in [3.05, 3.63) is 105 Å². The number of nitrogens with one attached hydrogen (secondary N) is 2. The van der Waals surface area contributed by atoms with Crippen LogP contribution in [0.5, 0.6) is 11.5 Å². The smallest absolute Gasteiger partial charge is 0.260 e. The first-order valence-electron chi connectivity index (χ1n) is 12.1. The van der Waals surface area contributed by atoms with Crippen molar-refractivity contribution in [1.82, 2.24) is 5.32 Å². The normalized spacial score (nSPS) is 16.1. The highest BCUT2D eigenvalue weighted by Crippen LogP contribution is 2.39. The van der Waals surface area contributed by atoms with Crippen LogP contribution in [0.25, 0.3) is 16.8 Å². The molecule has 0 bridgehead atoms. The zero-order chi connectivity index (χ0) is 25.8. The average Bonchev–Trinajstić information content (AvgIpc) is 3.26. The summed E-state index contributed by atoms with van der Waals surface area (Å²) >= 11 is 8.05. The minimum atomic E-state index is -0.258. The maximum absolute atomic E-state index is 12.6. The van der Waals surface area contributed by atoms with Crippen molar-refractivity contribution in [1.29, 1.82) is 0 Å². The van der Waals surface area contributed by atoms with Crippen LogP contribution in [0, 0.1) is 0 Å². The molecule has 1 aliphatic rings. The standard InChI is InChI=1S/C30H27ClN2O3S/c1-3-19-11-13-23(14-12-19)32-30-33-29(34)27(37-30)17-20-15-25(31)28(26(16-20)35-2)36-18-22-9-6-8-21-7-4-5-10-24(21)22/h4-17,30,32H,3,18H2,1-2H3,(H,33,34)/b27-17-/t30-/m1/s1.